The summed E-state index contributed by atoms with van der Waals surface area (Å²) in [5.41, 5.74) is 0.0752. The van der Waals surface area contributed by atoms with Crippen LogP contribution in [0.5, 0.6) is 0 Å². The number of fused-ring (bicyclic) bond motifs is 2. The van der Waals surface area contributed by atoms with Gasteiger partial charge in [-0.25, -0.2) is 14.3 Å². The van der Waals surface area contributed by atoms with Gasteiger partial charge in [-0.3, -0.25) is 4.79 Å². The molecular formula is C21H15Cl2F3N4O4. The highest BCUT2D eigenvalue weighted by molar-refractivity contribution is 6.38. The van der Waals surface area contributed by atoms with Gasteiger partial charge in [0.15, 0.2) is 17.3 Å². The summed E-state index contributed by atoms with van der Waals surface area (Å²) in [5.74, 6) is -1.74. The Kier molecular flexibility index (Phi) is 6.17. The summed E-state index contributed by atoms with van der Waals surface area (Å²) in [6, 6.07) is 3.36. The van der Waals surface area contributed by atoms with E-state index in [0.29, 0.717) is 12.6 Å². The van der Waals surface area contributed by atoms with Crippen molar-refractivity contribution in [2.24, 2.45) is 0 Å². The first-order chi connectivity index (χ1) is 16.0. The predicted molar refractivity (Wildman–Crippen MR) is 116 cm³/mol. The first-order valence-corrected chi connectivity index (χ1v) is 10.5. The van der Waals surface area contributed by atoms with Crippen LogP contribution in [0.25, 0.3) is 16.6 Å². The SMILES string of the molecule is C[C@H](NC(=O)c1cnn2cccnc12)c1oc2c(C(=O)O[C@H](C)C(F)(F)F)cc(Cl)cc2c1Cl. The van der Waals surface area contributed by atoms with E-state index in [-0.39, 0.29) is 37.9 Å². The molecule has 13 heteroatoms. The van der Waals surface area contributed by atoms with E-state index in [2.05, 4.69) is 20.1 Å². The van der Waals surface area contributed by atoms with Gasteiger partial charge in [0.05, 0.1) is 17.3 Å². The van der Waals surface area contributed by atoms with E-state index in [0.717, 1.165) is 6.07 Å². The summed E-state index contributed by atoms with van der Waals surface area (Å²) in [6.45, 7) is 2.28. The minimum absolute atomic E-state index is 0.0289. The second-order valence-corrected chi connectivity index (χ2v) is 8.16. The molecule has 8 nitrogen and oxygen atoms in total. The summed E-state index contributed by atoms with van der Waals surface area (Å²) in [7, 11) is 0. The summed E-state index contributed by atoms with van der Waals surface area (Å²) in [6.07, 6.45) is -2.61. The number of carbonyl (C=O) groups excluding carboxylic acids is 2. The highest BCUT2D eigenvalue weighted by atomic mass is 35.5. The Labute approximate surface area is 199 Å². The fourth-order valence-electron chi connectivity index (χ4n) is 3.20. The van der Waals surface area contributed by atoms with Gasteiger partial charge in [-0.1, -0.05) is 23.2 Å². The van der Waals surface area contributed by atoms with Crippen molar-refractivity contribution < 1.29 is 31.9 Å². The lowest BCUT2D eigenvalue weighted by Crippen LogP contribution is -2.30. The third-order valence-corrected chi connectivity index (χ3v) is 5.56. The summed E-state index contributed by atoms with van der Waals surface area (Å²) >= 11 is 12.5. The average molecular weight is 515 g/mol. The number of nitrogens with one attached hydrogen (secondary N) is 1. The Morgan fingerprint density at radius 3 is 2.65 bits per heavy atom. The van der Waals surface area contributed by atoms with E-state index < -0.39 is 30.2 Å². The van der Waals surface area contributed by atoms with Gasteiger partial charge in [0, 0.05) is 22.8 Å². The van der Waals surface area contributed by atoms with E-state index >= 15 is 0 Å². The Morgan fingerprint density at radius 1 is 1.21 bits per heavy atom. The molecule has 0 fully saturated rings. The van der Waals surface area contributed by atoms with Gasteiger partial charge in [-0.2, -0.15) is 18.3 Å². The first-order valence-electron chi connectivity index (χ1n) is 9.75. The molecule has 3 heterocycles. The third-order valence-electron chi connectivity index (χ3n) is 4.95. The highest BCUT2D eigenvalue weighted by Crippen LogP contribution is 2.38. The number of esters is 1. The monoisotopic (exact) mass is 514 g/mol. The van der Waals surface area contributed by atoms with Crippen LogP contribution < -0.4 is 5.32 Å². The van der Waals surface area contributed by atoms with Gasteiger partial charge in [0.2, 0.25) is 0 Å². The molecule has 34 heavy (non-hydrogen) atoms. The van der Waals surface area contributed by atoms with Crippen molar-refractivity contribution >= 4 is 51.7 Å². The molecule has 2 atom stereocenters. The maximum atomic E-state index is 12.8. The number of alkyl halides is 3. The lowest BCUT2D eigenvalue weighted by atomic mass is 10.1. The molecule has 4 rings (SSSR count). The zero-order chi connectivity index (χ0) is 24.8. The molecule has 1 amide bonds. The van der Waals surface area contributed by atoms with Crippen LogP contribution in [0.2, 0.25) is 10.0 Å². The van der Waals surface area contributed by atoms with E-state index in [1.54, 1.807) is 19.2 Å². The van der Waals surface area contributed by atoms with E-state index in [4.69, 9.17) is 27.6 Å². The molecule has 0 aliphatic heterocycles. The molecule has 0 saturated carbocycles. The standard InChI is InChI=1S/C21H15Cl2F3N4O4/c1-9(29-19(31)14-8-28-30-5-3-4-27-18(14)30)16-15(23)12-6-11(22)7-13(17(12)34-16)20(32)33-10(2)21(24,25)26/h3-10H,1-2H3,(H,29,31)/t9-,10+/m0/s1. The minimum Gasteiger partial charge on any atom is -0.456 e. The molecule has 0 unspecified atom stereocenters. The van der Waals surface area contributed by atoms with Crippen LogP contribution in [0, 0.1) is 0 Å². The van der Waals surface area contributed by atoms with Crippen LogP contribution in [0.3, 0.4) is 0 Å². The zero-order valence-electron chi connectivity index (χ0n) is 17.5. The number of amides is 1. The Hall–Kier alpha value is -3.31. The zero-order valence-corrected chi connectivity index (χ0v) is 19.0. The molecule has 0 spiro atoms. The molecule has 0 aliphatic carbocycles. The van der Waals surface area contributed by atoms with Crippen molar-refractivity contribution in [1.29, 1.82) is 0 Å². The molecular weight excluding hydrogens is 500 g/mol. The Bertz CT molecular complexity index is 1420. The average Bonchev–Trinajstić information content (AvgIpc) is 3.34. The van der Waals surface area contributed by atoms with Crippen LogP contribution >= 0.6 is 23.2 Å². The fourth-order valence-corrected chi connectivity index (χ4v) is 3.76. The molecule has 1 N–H and O–H groups in total. The third kappa shape index (κ3) is 4.40. The Balaban J connectivity index is 1.65. The number of ether oxygens (including phenoxy) is 1. The number of hydrogen-bond donors (Lipinski definition) is 1. The lowest BCUT2D eigenvalue weighted by molar-refractivity contribution is -0.198. The van der Waals surface area contributed by atoms with Crippen molar-refractivity contribution in [2.75, 3.05) is 0 Å². The number of halogens is 5. The Morgan fingerprint density at radius 2 is 1.94 bits per heavy atom. The van der Waals surface area contributed by atoms with E-state index in [1.165, 1.54) is 23.0 Å². The molecule has 0 radical (unpaired) electrons. The summed E-state index contributed by atoms with van der Waals surface area (Å²) in [5, 5.41) is 6.99. The number of rotatable bonds is 5. The fraction of sp³-hybridized carbons (Fsp3) is 0.238. The van der Waals surface area contributed by atoms with Gasteiger partial charge in [0.1, 0.15) is 16.9 Å². The van der Waals surface area contributed by atoms with Crippen LogP contribution in [0.4, 0.5) is 13.2 Å². The van der Waals surface area contributed by atoms with Crippen molar-refractivity contribution in [3.63, 3.8) is 0 Å². The van der Waals surface area contributed by atoms with Gasteiger partial charge in [0.25, 0.3) is 5.91 Å². The van der Waals surface area contributed by atoms with Gasteiger partial charge in [-0.05, 0) is 32.0 Å². The number of hydrogen-bond acceptors (Lipinski definition) is 6. The van der Waals surface area contributed by atoms with Crippen molar-refractivity contribution in [3.8, 4) is 0 Å². The number of furan rings is 1. The van der Waals surface area contributed by atoms with Gasteiger partial charge >= 0.3 is 12.1 Å². The molecule has 0 aliphatic rings. The second kappa shape index (κ2) is 8.80. The lowest BCUT2D eigenvalue weighted by Gasteiger charge is -2.16. The number of aromatic nitrogens is 3. The van der Waals surface area contributed by atoms with Crippen molar-refractivity contribution in [3.05, 3.63) is 63.7 Å². The molecule has 3 aromatic heterocycles. The topological polar surface area (TPSA) is 98.7 Å². The quantitative estimate of drug-likeness (QED) is 0.359. The predicted octanol–water partition coefficient (Wildman–Crippen LogP) is 5.38. The molecule has 4 aromatic rings. The van der Waals surface area contributed by atoms with E-state index in [9.17, 15) is 22.8 Å². The maximum absolute atomic E-state index is 12.8. The minimum atomic E-state index is -4.74. The van der Waals surface area contributed by atoms with Gasteiger partial charge in [-0.15, -0.1) is 0 Å². The van der Waals surface area contributed by atoms with E-state index in [1.807, 2.05) is 0 Å². The molecule has 1 aromatic carbocycles. The largest absolute Gasteiger partial charge is 0.456 e. The number of nitrogens with zero attached hydrogens (tertiary/aromatic N) is 3. The first kappa shape index (κ1) is 23.8. The van der Waals surface area contributed by atoms with Gasteiger partial charge < -0.3 is 14.5 Å². The smallest absolute Gasteiger partial charge is 0.425 e. The van der Waals surface area contributed by atoms with Crippen LogP contribution in [0.15, 0.2) is 41.2 Å². The van der Waals surface area contributed by atoms with Crippen LogP contribution in [0.1, 0.15) is 46.4 Å². The van der Waals surface area contributed by atoms with Crippen LogP contribution in [-0.2, 0) is 4.74 Å². The van der Waals surface area contributed by atoms with Crippen LogP contribution in [-0.4, -0.2) is 38.8 Å². The molecule has 0 bridgehead atoms. The number of benzene rings is 1. The summed E-state index contributed by atoms with van der Waals surface area (Å²) < 4.78 is 50.1. The molecule has 0 saturated heterocycles. The second-order valence-electron chi connectivity index (χ2n) is 7.34. The normalized spacial score (nSPS) is 13.7. The number of carbonyl (C=O) groups is 2. The maximum Gasteiger partial charge on any atom is 0.425 e. The van der Waals surface area contributed by atoms with Crippen molar-refractivity contribution in [1.82, 2.24) is 19.9 Å². The summed E-state index contributed by atoms with van der Waals surface area (Å²) in [4.78, 5) is 29.3. The highest BCUT2D eigenvalue weighted by Gasteiger charge is 2.40. The van der Waals surface area contributed by atoms with Crippen molar-refractivity contribution in [2.45, 2.75) is 32.2 Å². The molecule has 178 valence electrons.